The Kier molecular flexibility index (Phi) is 4.50. The van der Waals surface area contributed by atoms with E-state index in [2.05, 4.69) is 24.4 Å². The molecule has 0 saturated heterocycles. The molecule has 2 unspecified atom stereocenters. The number of hydrogen-bond acceptors (Lipinski definition) is 2. The largest absolute Gasteiger partial charge is 0.316 e. The van der Waals surface area contributed by atoms with E-state index >= 15 is 0 Å². The van der Waals surface area contributed by atoms with Crippen LogP contribution in [0.25, 0.3) is 10.8 Å². The van der Waals surface area contributed by atoms with Crippen LogP contribution < -0.4 is 5.32 Å². The molecule has 2 nitrogen and oxygen atoms in total. The summed E-state index contributed by atoms with van der Waals surface area (Å²) in [6.07, 6.45) is 0.996. The molecule has 0 heterocycles. The Morgan fingerprint density at radius 1 is 1.17 bits per heavy atom. The first kappa shape index (κ1) is 13.2. The van der Waals surface area contributed by atoms with Crippen LogP contribution in [-0.4, -0.2) is 23.1 Å². The van der Waals surface area contributed by atoms with Crippen LogP contribution in [0.15, 0.2) is 47.4 Å². The Balaban J connectivity index is 2.22. The molecule has 2 rings (SSSR count). The molecular weight excluding hydrogens is 242 g/mol. The third-order valence-corrected chi connectivity index (χ3v) is 4.72. The Morgan fingerprint density at radius 2 is 1.89 bits per heavy atom. The van der Waals surface area contributed by atoms with Crippen LogP contribution in [0.3, 0.4) is 0 Å². The van der Waals surface area contributed by atoms with Gasteiger partial charge in [0.2, 0.25) is 0 Å². The highest BCUT2D eigenvalue weighted by molar-refractivity contribution is 7.85. The van der Waals surface area contributed by atoms with Gasteiger partial charge in [-0.15, -0.1) is 0 Å². The van der Waals surface area contributed by atoms with E-state index in [9.17, 15) is 4.21 Å². The molecular formula is C15H19NOS. The van der Waals surface area contributed by atoms with E-state index in [1.807, 2.05) is 37.4 Å². The molecule has 0 aliphatic heterocycles. The summed E-state index contributed by atoms with van der Waals surface area (Å²) >= 11 is 0. The van der Waals surface area contributed by atoms with Crippen molar-refractivity contribution in [3.63, 3.8) is 0 Å². The summed E-state index contributed by atoms with van der Waals surface area (Å²) in [5.41, 5.74) is 0. The van der Waals surface area contributed by atoms with Crippen LogP contribution in [0.5, 0.6) is 0 Å². The summed E-state index contributed by atoms with van der Waals surface area (Å²) in [5, 5.41) is 5.54. The summed E-state index contributed by atoms with van der Waals surface area (Å²) in [5.74, 6) is 0.672. The summed E-state index contributed by atoms with van der Waals surface area (Å²) in [7, 11) is 0.991. The molecule has 96 valence electrons. The summed E-state index contributed by atoms with van der Waals surface area (Å²) in [4.78, 5) is 0.919. The van der Waals surface area contributed by atoms with Gasteiger partial charge in [0, 0.05) is 16.7 Å². The highest BCUT2D eigenvalue weighted by Gasteiger charge is 2.10. The van der Waals surface area contributed by atoms with Crippen LogP contribution in [0.4, 0.5) is 0 Å². The van der Waals surface area contributed by atoms with E-state index in [1.165, 1.54) is 5.39 Å². The maximum absolute atomic E-state index is 12.3. The second-order valence-electron chi connectivity index (χ2n) is 4.41. The van der Waals surface area contributed by atoms with Gasteiger partial charge in [-0.25, -0.2) is 0 Å². The molecule has 0 bridgehead atoms. The first-order valence-electron chi connectivity index (χ1n) is 6.29. The lowest BCUT2D eigenvalue weighted by molar-refractivity contribution is 0.590. The minimum Gasteiger partial charge on any atom is -0.316 e. The van der Waals surface area contributed by atoms with Crippen molar-refractivity contribution in [1.29, 1.82) is 0 Å². The number of rotatable bonds is 5. The third kappa shape index (κ3) is 2.98. The highest BCUT2D eigenvalue weighted by Crippen LogP contribution is 2.18. The van der Waals surface area contributed by atoms with E-state index in [4.69, 9.17) is 0 Å². The number of benzene rings is 2. The Bertz CT molecular complexity index is 549. The van der Waals surface area contributed by atoms with Crippen LogP contribution in [0.1, 0.15) is 13.3 Å². The zero-order valence-corrected chi connectivity index (χ0v) is 11.7. The van der Waals surface area contributed by atoms with E-state index in [1.54, 1.807) is 0 Å². The van der Waals surface area contributed by atoms with Crippen LogP contribution in [-0.2, 0) is 10.8 Å². The van der Waals surface area contributed by atoms with Gasteiger partial charge in [0.05, 0.1) is 10.8 Å². The molecule has 18 heavy (non-hydrogen) atoms. The number of nitrogens with one attached hydrogen (secondary N) is 1. The maximum Gasteiger partial charge on any atom is 0.0545 e. The summed E-state index contributed by atoms with van der Waals surface area (Å²) in [6, 6.07) is 14.5. The van der Waals surface area contributed by atoms with Crippen molar-refractivity contribution in [2.45, 2.75) is 24.3 Å². The molecule has 2 aromatic carbocycles. The van der Waals surface area contributed by atoms with E-state index in [-0.39, 0.29) is 0 Å². The average molecular weight is 261 g/mol. The number of hydrogen-bond donors (Lipinski definition) is 1. The van der Waals surface area contributed by atoms with Gasteiger partial charge >= 0.3 is 0 Å². The Morgan fingerprint density at radius 3 is 2.56 bits per heavy atom. The summed E-state index contributed by atoms with van der Waals surface area (Å²) < 4.78 is 12.3. The molecule has 2 atom stereocenters. The van der Waals surface area contributed by atoms with Crippen molar-refractivity contribution < 1.29 is 4.21 Å². The van der Waals surface area contributed by atoms with E-state index in [0.717, 1.165) is 16.7 Å². The normalized spacial score (nSPS) is 14.6. The molecule has 3 heteroatoms. The molecule has 0 amide bonds. The van der Waals surface area contributed by atoms with Crippen LogP contribution in [0, 0.1) is 0 Å². The van der Waals surface area contributed by atoms with Gasteiger partial charge in [0.15, 0.2) is 0 Å². The quantitative estimate of drug-likeness (QED) is 0.896. The van der Waals surface area contributed by atoms with Crippen molar-refractivity contribution in [2.75, 3.05) is 12.8 Å². The standard InChI is InChI=1S/C15H19NOS/c1-3-14(16-2)11-18(17)15-9-8-12-6-4-5-7-13(12)10-15/h4-10,14,16H,3,11H2,1-2H3. The highest BCUT2D eigenvalue weighted by atomic mass is 32.2. The molecule has 2 aromatic rings. The van der Waals surface area contributed by atoms with Gasteiger partial charge in [0.1, 0.15) is 0 Å². The van der Waals surface area contributed by atoms with Gasteiger partial charge in [-0.3, -0.25) is 4.21 Å². The Hall–Kier alpha value is -1.19. The zero-order chi connectivity index (χ0) is 13.0. The molecule has 0 spiro atoms. The fourth-order valence-corrected chi connectivity index (χ4v) is 3.43. The summed E-state index contributed by atoms with van der Waals surface area (Å²) in [6.45, 7) is 2.11. The third-order valence-electron chi connectivity index (χ3n) is 3.24. The van der Waals surface area contributed by atoms with Crippen molar-refractivity contribution >= 4 is 21.6 Å². The minimum atomic E-state index is -0.932. The van der Waals surface area contributed by atoms with Crippen molar-refractivity contribution in [3.05, 3.63) is 42.5 Å². The van der Waals surface area contributed by atoms with E-state index in [0.29, 0.717) is 11.8 Å². The first-order valence-corrected chi connectivity index (χ1v) is 7.61. The van der Waals surface area contributed by atoms with Crippen LogP contribution >= 0.6 is 0 Å². The lowest BCUT2D eigenvalue weighted by Crippen LogP contribution is -2.30. The Labute approximate surface area is 111 Å². The van der Waals surface area contributed by atoms with Gasteiger partial charge in [0.25, 0.3) is 0 Å². The number of fused-ring (bicyclic) bond motifs is 1. The zero-order valence-electron chi connectivity index (χ0n) is 10.8. The van der Waals surface area contributed by atoms with Crippen molar-refractivity contribution in [3.8, 4) is 0 Å². The van der Waals surface area contributed by atoms with Crippen LogP contribution in [0.2, 0.25) is 0 Å². The molecule has 1 N–H and O–H groups in total. The molecule has 0 aliphatic carbocycles. The maximum atomic E-state index is 12.3. The second kappa shape index (κ2) is 6.12. The molecule has 0 aliphatic rings. The van der Waals surface area contributed by atoms with Crippen molar-refractivity contribution in [2.24, 2.45) is 0 Å². The fraction of sp³-hybridized carbons (Fsp3) is 0.333. The lowest BCUT2D eigenvalue weighted by Gasteiger charge is -2.13. The monoisotopic (exact) mass is 261 g/mol. The average Bonchev–Trinajstić information content (AvgIpc) is 2.44. The lowest BCUT2D eigenvalue weighted by atomic mass is 10.1. The predicted octanol–water partition coefficient (Wildman–Crippen LogP) is 2.95. The molecule has 0 fully saturated rings. The topological polar surface area (TPSA) is 29.1 Å². The van der Waals surface area contributed by atoms with Gasteiger partial charge < -0.3 is 5.32 Å². The van der Waals surface area contributed by atoms with Gasteiger partial charge in [-0.2, -0.15) is 0 Å². The predicted molar refractivity (Wildman–Crippen MR) is 78.4 cm³/mol. The second-order valence-corrected chi connectivity index (χ2v) is 5.91. The molecule has 0 aromatic heterocycles. The molecule has 0 saturated carbocycles. The van der Waals surface area contributed by atoms with Crippen molar-refractivity contribution in [1.82, 2.24) is 5.32 Å². The van der Waals surface area contributed by atoms with Gasteiger partial charge in [-0.1, -0.05) is 37.3 Å². The smallest absolute Gasteiger partial charge is 0.0545 e. The van der Waals surface area contributed by atoms with Gasteiger partial charge in [-0.05, 0) is 36.4 Å². The fourth-order valence-electron chi connectivity index (χ4n) is 1.99. The first-order chi connectivity index (χ1) is 8.74. The van der Waals surface area contributed by atoms with E-state index < -0.39 is 10.8 Å². The SMILES string of the molecule is CCC(CS(=O)c1ccc2ccccc2c1)NC. The minimum absolute atomic E-state index is 0.317. The molecule has 0 radical (unpaired) electrons.